The topological polar surface area (TPSA) is 44.8 Å². The van der Waals surface area contributed by atoms with E-state index in [9.17, 15) is 4.79 Å². The van der Waals surface area contributed by atoms with E-state index in [0.717, 1.165) is 26.2 Å². The van der Waals surface area contributed by atoms with Gasteiger partial charge in [0.1, 0.15) is 0 Å². The number of carbonyl (C=O) groups excluding carboxylic acids is 1. The second-order valence-corrected chi connectivity index (χ2v) is 6.85. The minimum absolute atomic E-state index is 0.228. The van der Waals surface area contributed by atoms with Crippen molar-refractivity contribution in [3.8, 4) is 0 Å². The number of morpholine rings is 1. The Labute approximate surface area is 138 Å². The maximum absolute atomic E-state index is 11.6. The number of rotatable bonds is 4. The quantitative estimate of drug-likeness (QED) is 0.916. The largest absolute Gasteiger partial charge is 0.372 e. The lowest BCUT2D eigenvalue weighted by Crippen LogP contribution is -2.46. The van der Waals surface area contributed by atoms with Crippen LogP contribution in [0, 0.1) is 0 Å². The number of hydrogen-bond acceptors (Lipinski definition) is 4. The van der Waals surface area contributed by atoms with Crippen LogP contribution >= 0.6 is 0 Å². The third-order valence-corrected chi connectivity index (χ3v) is 4.67. The Hall–Kier alpha value is -1.59. The van der Waals surface area contributed by atoms with E-state index in [0.29, 0.717) is 6.42 Å². The molecule has 0 aliphatic carbocycles. The highest BCUT2D eigenvalue weighted by molar-refractivity contribution is 5.78. The first-order valence-electron chi connectivity index (χ1n) is 8.48. The second kappa shape index (κ2) is 6.89. The van der Waals surface area contributed by atoms with Crippen LogP contribution in [-0.2, 0) is 16.1 Å². The van der Waals surface area contributed by atoms with Gasteiger partial charge in [0, 0.05) is 51.4 Å². The molecule has 2 saturated heterocycles. The van der Waals surface area contributed by atoms with Crippen LogP contribution in [0.4, 0.5) is 5.69 Å². The van der Waals surface area contributed by atoms with E-state index in [4.69, 9.17) is 4.74 Å². The zero-order valence-electron chi connectivity index (χ0n) is 14.3. The molecular weight excluding hydrogens is 290 g/mol. The molecule has 0 unspecified atom stereocenters. The fraction of sp³-hybridized carbons (Fsp3) is 0.611. The summed E-state index contributed by atoms with van der Waals surface area (Å²) in [6.45, 7) is 7.69. The van der Waals surface area contributed by atoms with Crippen molar-refractivity contribution in [2.24, 2.45) is 0 Å². The maximum atomic E-state index is 11.6. The van der Waals surface area contributed by atoms with Crippen LogP contribution in [0.2, 0.25) is 0 Å². The van der Waals surface area contributed by atoms with Gasteiger partial charge in [-0.25, -0.2) is 0 Å². The van der Waals surface area contributed by atoms with Crippen LogP contribution in [0.15, 0.2) is 24.3 Å². The zero-order valence-corrected chi connectivity index (χ0v) is 14.3. The van der Waals surface area contributed by atoms with Gasteiger partial charge >= 0.3 is 0 Å². The lowest BCUT2D eigenvalue weighted by Gasteiger charge is -2.38. The third-order valence-electron chi connectivity index (χ3n) is 4.67. The summed E-state index contributed by atoms with van der Waals surface area (Å²) in [5, 5.41) is 3.54. The van der Waals surface area contributed by atoms with Crippen LogP contribution in [0.5, 0.6) is 0 Å². The van der Waals surface area contributed by atoms with Gasteiger partial charge < -0.3 is 19.9 Å². The molecule has 1 aromatic carbocycles. The monoisotopic (exact) mass is 317 g/mol. The number of ether oxygens (including phenoxy) is 1. The summed E-state index contributed by atoms with van der Waals surface area (Å²) in [4.78, 5) is 15.9. The molecule has 3 atom stereocenters. The van der Waals surface area contributed by atoms with Crippen LogP contribution in [0.25, 0.3) is 0 Å². The van der Waals surface area contributed by atoms with E-state index >= 15 is 0 Å². The highest BCUT2D eigenvalue weighted by Gasteiger charge is 2.27. The standard InChI is InChI=1S/C18H27N3O2/c1-13-10-21(11-14(2)23-13)17-7-5-4-6-15(17)9-19-16-8-18(22)20(3)12-16/h4-7,13-14,16,19H,8-12H2,1-3H3/t13-,14+,16-/m1/s1. The van der Waals surface area contributed by atoms with E-state index in [1.54, 1.807) is 4.90 Å². The summed E-state index contributed by atoms with van der Waals surface area (Å²) in [7, 11) is 1.87. The van der Waals surface area contributed by atoms with Gasteiger partial charge in [0.25, 0.3) is 0 Å². The van der Waals surface area contributed by atoms with Gasteiger partial charge in [-0.2, -0.15) is 0 Å². The van der Waals surface area contributed by atoms with Gasteiger partial charge in [-0.1, -0.05) is 18.2 Å². The van der Waals surface area contributed by atoms with Crippen molar-refractivity contribution < 1.29 is 9.53 Å². The first kappa shape index (κ1) is 16.3. The van der Waals surface area contributed by atoms with E-state index in [2.05, 4.69) is 48.3 Å². The number of para-hydroxylation sites is 1. The van der Waals surface area contributed by atoms with E-state index < -0.39 is 0 Å². The second-order valence-electron chi connectivity index (χ2n) is 6.85. The Morgan fingerprint density at radius 2 is 1.87 bits per heavy atom. The Balaban J connectivity index is 1.67. The van der Waals surface area contributed by atoms with Gasteiger partial charge in [-0.15, -0.1) is 0 Å². The number of nitrogens with zero attached hydrogens (tertiary/aromatic N) is 2. The fourth-order valence-corrected chi connectivity index (χ4v) is 3.60. The van der Waals surface area contributed by atoms with Crippen LogP contribution < -0.4 is 10.2 Å². The Kier molecular flexibility index (Phi) is 4.87. The minimum Gasteiger partial charge on any atom is -0.372 e. The Bertz CT molecular complexity index is 553. The molecule has 5 nitrogen and oxygen atoms in total. The van der Waals surface area contributed by atoms with Crippen molar-refractivity contribution in [1.82, 2.24) is 10.2 Å². The molecule has 1 N–H and O–H groups in total. The predicted molar refractivity (Wildman–Crippen MR) is 91.5 cm³/mol. The number of anilines is 1. The van der Waals surface area contributed by atoms with Crippen molar-refractivity contribution in [2.45, 2.75) is 45.1 Å². The summed E-state index contributed by atoms with van der Waals surface area (Å²) >= 11 is 0. The maximum Gasteiger partial charge on any atom is 0.224 e. The van der Waals surface area contributed by atoms with E-state index in [1.807, 2.05) is 7.05 Å². The highest BCUT2D eigenvalue weighted by atomic mass is 16.5. The average molecular weight is 317 g/mol. The number of hydrogen-bond donors (Lipinski definition) is 1. The Morgan fingerprint density at radius 3 is 2.52 bits per heavy atom. The molecular formula is C18H27N3O2. The molecule has 0 radical (unpaired) electrons. The fourth-order valence-electron chi connectivity index (χ4n) is 3.60. The molecule has 0 saturated carbocycles. The molecule has 2 aliphatic rings. The van der Waals surface area contributed by atoms with E-state index in [1.165, 1.54) is 11.3 Å². The zero-order chi connectivity index (χ0) is 16.4. The molecule has 23 heavy (non-hydrogen) atoms. The lowest BCUT2D eigenvalue weighted by atomic mass is 10.1. The number of likely N-dealkylation sites (N-methyl/N-ethyl adjacent to an activating group) is 1. The van der Waals surface area contributed by atoms with Crippen molar-refractivity contribution >= 4 is 11.6 Å². The first-order valence-corrected chi connectivity index (χ1v) is 8.48. The van der Waals surface area contributed by atoms with Crippen molar-refractivity contribution in [3.63, 3.8) is 0 Å². The van der Waals surface area contributed by atoms with Crippen LogP contribution in [-0.4, -0.2) is 55.7 Å². The van der Waals surface area contributed by atoms with Gasteiger partial charge in [-0.05, 0) is 25.5 Å². The van der Waals surface area contributed by atoms with Gasteiger partial charge in [-0.3, -0.25) is 4.79 Å². The summed E-state index contributed by atoms with van der Waals surface area (Å²) in [6.07, 6.45) is 1.10. The molecule has 0 bridgehead atoms. The SMILES string of the molecule is C[C@@H]1CN(c2ccccc2CN[C@@H]2CC(=O)N(C)C2)C[C@H](C)O1. The van der Waals surface area contributed by atoms with Gasteiger partial charge in [0.05, 0.1) is 12.2 Å². The summed E-state index contributed by atoms with van der Waals surface area (Å²) in [5.74, 6) is 0.228. The molecule has 1 amide bonds. The molecule has 3 rings (SSSR count). The Morgan fingerprint density at radius 1 is 1.17 bits per heavy atom. The molecule has 0 aromatic heterocycles. The summed E-state index contributed by atoms with van der Waals surface area (Å²) in [6, 6.07) is 8.79. The van der Waals surface area contributed by atoms with Gasteiger partial charge in [0.15, 0.2) is 0 Å². The predicted octanol–water partition coefficient (Wildman–Crippen LogP) is 1.62. The van der Waals surface area contributed by atoms with Crippen LogP contribution in [0.1, 0.15) is 25.8 Å². The summed E-state index contributed by atoms with van der Waals surface area (Å²) in [5.41, 5.74) is 2.57. The molecule has 2 heterocycles. The molecule has 1 aromatic rings. The van der Waals surface area contributed by atoms with Crippen molar-refractivity contribution in [1.29, 1.82) is 0 Å². The molecule has 5 heteroatoms. The number of carbonyl (C=O) groups is 1. The minimum atomic E-state index is 0.228. The van der Waals surface area contributed by atoms with Gasteiger partial charge in [0.2, 0.25) is 5.91 Å². The van der Waals surface area contributed by atoms with Crippen molar-refractivity contribution in [2.75, 3.05) is 31.6 Å². The average Bonchev–Trinajstić information content (AvgIpc) is 2.83. The van der Waals surface area contributed by atoms with Crippen LogP contribution in [0.3, 0.4) is 0 Å². The number of nitrogens with one attached hydrogen (secondary N) is 1. The highest BCUT2D eigenvalue weighted by Crippen LogP contribution is 2.24. The molecule has 126 valence electrons. The lowest BCUT2D eigenvalue weighted by molar-refractivity contribution is -0.126. The molecule has 2 aliphatic heterocycles. The molecule has 0 spiro atoms. The number of amides is 1. The third kappa shape index (κ3) is 3.85. The molecule has 2 fully saturated rings. The first-order chi connectivity index (χ1) is 11.0. The summed E-state index contributed by atoms with van der Waals surface area (Å²) < 4.78 is 5.84. The number of likely N-dealkylation sites (tertiary alicyclic amines) is 1. The number of benzene rings is 1. The normalized spacial score (nSPS) is 28.5. The van der Waals surface area contributed by atoms with Crippen molar-refractivity contribution in [3.05, 3.63) is 29.8 Å². The van der Waals surface area contributed by atoms with E-state index in [-0.39, 0.29) is 24.2 Å². The smallest absolute Gasteiger partial charge is 0.224 e.